The molecule has 7 heteroatoms. The zero-order valence-corrected chi connectivity index (χ0v) is 16.4. The summed E-state index contributed by atoms with van der Waals surface area (Å²) >= 11 is 0. The summed E-state index contributed by atoms with van der Waals surface area (Å²) in [6.07, 6.45) is 0. The van der Waals surface area contributed by atoms with Gasteiger partial charge in [-0.05, 0) is 17.7 Å². The third kappa shape index (κ3) is 4.42. The van der Waals surface area contributed by atoms with Gasteiger partial charge < -0.3 is 14.0 Å². The Kier molecular flexibility index (Phi) is 5.06. The summed E-state index contributed by atoms with van der Waals surface area (Å²) in [7, 11) is 0. The van der Waals surface area contributed by atoms with Gasteiger partial charge in [0.15, 0.2) is 17.3 Å². The van der Waals surface area contributed by atoms with E-state index in [4.69, 9.17) is 14.0 Å². The van der Waals surface area contributed by atoms with Crippen LogP contribution in [0.3, 0.4) is 0 Å². The zero-order chi connectivity index (χ0) is 18.9. The van der Waals surface area contributed by atoms with Crippen molar-refractivity contribution in [2.45, 2.75) is 39.3 Å². The van der Waals surface area contributed by atoms with E-state index in [-0.39, 0.29) is 5.41 Å². The molecule has 0 unspecified atom stereocenters. The highest BCUT2D eigenvalue weighted by Gasteiger charge is 2.24. The molecule has 4 rings (SSSR count). The second kappa shape index (κ2) is 7.48. The van der Waals surface area contributed by atoms with Gasteiger partial charge in [0.25, 0.3) is 0 Å². The van der Waals surface area contributed by atoms with Gasteiger partial charge in [-0.2, -0.15) is 4.98 Å². The van der Waals surface area contributed by atoms with E-state index in [1.165, 1.54) is 5.56 Å². The Hall–Kier alpha value is -2.12. The molecule has 2 aliphatic rings. The summed E-state index contributed by atoms with van der Waals surface area (Å²) in [4.78, 5) is 9.40. The van der Waals surface area contributed by atoms with Gasteiger partial charge in [0.2, 0.25) is 5.89 Å². The number of rotatable bonds is 4. The lowest BCUT2D eigenvalue weighted by molar-refractivity contribution is 0.118. The summed E-state index contributed by atoms with van der Waals surface area (Å²) in [6, 6.07) is 6.25. The van der Waals surface area contributed by atoms with Crippen LogP contribution in [0, 0.1) is 0 Å². The number of hydrogen-bond acceptors (Lipinski definition) is 7. The maximum Gasteiger partial charge on any atom is 0.232 e. The number of nitrogens with zero attached hydrogens (tertiary/aromatic N) is 4. The van der Waals surface area contributed by atoms with Crippen molar-refractivity contribution >= 4 is 0 Å². The first-order valence-corrected chi connectivity index (χ1v) is 9.64. The molecule has 2 aliphatic heterocycles. The van der Waals surface area contributed by atoms with E-state index in [1.807, 2.05) is 6.07 Å². The normalized spacial score (nSPS) is 18.6. The first kappa shape index (κ1) is 18.3. The highest BCUT2D eigenvalue weighted by Crippen LogP contribution is 2.31. The van der Waals surface area contributed by atoms with Crippen LogP contribution in [0.15, 0.2) is 22.7 Å². The number of hydrogen-bond donors (Lipinski definition) is 0. The van der Waals surface area contributed by atoms with Crippen LogP contribution >= 0.6 is 0 Å². The first-order chi connectivity index (χ1) is 13.0. The van der Waals surface area contributed by atoms with Crippen LogP contribution in [0.4, 0.5) is 0 Å². The number of fused-ring (bicyclic) bond motifs is 1. The van der Waals surface area contributed by atoms with Crippen molar-refractivity contribution < 1.29 is 14.0 Å². The Labute approximate surface area is 160 Å². The second-order valence-electron chi connectivity index (χ2n) is 8.30. The number of piperazine rings is 1. The minimum absolute atomic E-state index is 0.104. The first-order valence-electron chi connectivity index (χ1n) is 9.64. The molecule has 0 aliphatic carbocycles. The zero-order valence-electron chi connectivity index (χ0n) is 16.4. The molecule has 1 saturated heterocycles. The predicted octanol–water partition coefficient (Wildman–Crippen LogP) is 2.46. The summed E-state index contributed by atoms with van der Waals surface area (Å²) < 4.78 is 16.7. The van der Waals surface area contributed by atoms with Crippen molar-refractivity contribution in [1.82, 2.24) is 19.9 Å². The fourth-order valence-electron chi connectivity index (χ4n) is 3.37. The van der Waals surface area contributed by atoms with Gasteiger partial charge in [0, 0.05) is 38.1 Å². The standard InChI is InChI=1S/C20H28N4O3/c1-20(2,3)19-21-18(22-27-19)14-24-8-6-23(7-9-24)13-15-4-5-16-17(12-15)26-11-10-25-16/h4-5,12H,6-11,13-14H2,1-3H3. The average Bonchev–Trinajstić information content (AvgIpc) is 3.12. The molecule has 1 aromatic carbocycles. The Morgan fingerprint density at radius 1 is 0.926 bits per heavy atom. The SMILES string of the molecule is CC(C)(C)c1nc(CN2CCN(Cc3ccc4c(c3)OCCO4)CC2)no1. The van der Waals surface area contributed by atoms with E-state index >= 15 is 0 Å². The molecule has 1 aromatic heterocycles. The van der Waals surface area contributed by atoms with Crippen LogP contribution in [-0.4, -0.2) is 59.3 Å². The monoisotopic (exact) mass is 372 g/mol. The lowest BCUT2D eigenvalue weighted by Gasteiger charge is -2.34. The van der Waals surface area contributed by atoms with Crippen molar-refractivity contribution in [3.63, 3.8) is 0 Å². The van der Waals surface area contributed by atoms with Crippen molar-refractivity contribution in [3.8, 4) is 11.5 Å². The van der Waals surface area contributed by atoms with E-state index in [9.17, 15) is 0 Å². The Morgan fingerprint density at radius 3 is 2.26 bits per heavy atom. The van der Waals surface area contributed by atoms with Crippen LogP contribution in [0.1, 0.15) is 38.0 Å². The summed E-state index contributed by atoms with van der Waals surface area (Å²) in [5.74, 6) is 3.20. The summed E-state index contributed by atoms with van der Waals surface area (Å²) in [6.45, 7) is 13.2. The van der Waals surface area contributed by atoms with E-state index in [1.54, 1.807) is 0 Å². The molecule has 0 atom stereocenters. The highest BCUT2D eigenvalue weighted by atomic mass is 16.6. The molecule has 0 amide bonds. The summed E-state index contributed by atoms with van der Waals surface area (Å²) in [5, 5.41) is 4.14. The maximum atomic E-state index is 5.69. The molecule has 0 saturated carbocycles. The van der Waals surface area contributed by atoms with Crippen molar-refractivity contribution in [1.29, 1.82) is 0 Å². The quantitative estimate of drug-likeness (QED) is 0.817. The Balaban J connectivity index is 1.28. The van der Waals surface area contributed by atoms with Crippen molar-refractivity contribution in [2.24, 2.45) is 0 Å². The van der Waals surface area contributed by atoms with Gasteiger partial charge in [-0.15, -0.1) is 0 Å². The van der Waals surface area contributed by atoms with E-state index in [0.717, 1.165) is 56.6 Å². The topological polar surface area (TPSA) is 63.9 Å². The van der Waals surface area contributed by atoms with Gasteiger partial charge in [0.05, 0.1) is 6.54 Å². The molecular weight excluding hydrogens is 344 g/mol. The highest BCUT2D eigenvalue weighted by molar-refractivity contribution is 5.43. The largest absolute Gasteiger partial charge is 0.486 e. The van der Waals surface area contributed by atoms with Gasteiger partial charge in [0.1, 0.15) is 13.2 Å². The fourth-order valence-corrected chi connectivity index (χ4v) is 3.37. The minimum Gasteiger partial charge on any atom is -0.486 e. The molecule has 7 nitrogen and oxygen atoms in total. The van der Waals surface area contributed by atoms with Gasteiger partial charge in [-0.3, -0.25) is 9.80 Å². The number of ether oxygens (including phenoxy) is 2. The fraction of sp³-hybridized carbons (Fsp3) is 0.600. The van der Waals surface area contributed by atoms with Gasteiger partial charge in [-0.1, -0.05) is 32.0 Å². The summed E-state index contributed by atoms with van der Waals surface area (Å²) in [5.41, 5.74) is 1.16. The van der Waals surface area contributed by atoms with Crippen LogP contribution < -0.4 is 9.47 Å². The third-order valence-electron chi connectivity index (χ3n) is 4.95. The number of benzene rings is 1. The van der Waals surface area contributed by atoms with Crippen molar-refractivity contribution in [3.05, 3.63) is 35.5 Å². The minimum atomic E-state index is -0.104. The van der Waals surface area contributed by atoms with Crippen LogP contribution in [0.25, 0.3) is 0 Å². The molecule has 1 fully saturated rings. The third-order valence-corrected chi connectivity index (χ3v) is 4.95. The molecule has 146 valence electrons. The number of aromatic nitrogens is 2. The van der Waals surface area contributed by atoms with Crippen molar-refractivity contribution in [2.75, 3.05) is 39.4 Å². The Morgan fingerprint density at radius 2 is 1.59 bits per heavy atom. The molecule has 0 spiro atoms. The maximum absolute atomic E-state index is 5.69. The van der Waals surface area contributed by atoms with E-state index < -0.39 is 0 Å². The van der Waals surface area contributed by atoms with Crippen LogP contribution in [0.5, 0.6) is 11.5 Å². The smallest absolute Gasteiger partial charge is 0.232 e. The van der Waals surface area contributed by atoms with E-state index in [2.05, 4.69) is 52.8 Å². The molecule has 27 heavy (non-hydrogen) atoms. The second-order valence-corrected chi connectivity index (χ2v) is 8.30. The molecule has 0 bridgehead atoms. The average molecular weight is 372 g/mol. The predicted molar refractivity (Wildman–Crippen MR) is 101 cm³/mol. The molecule has 3 heterocycles. The van der Waals surface area contributed by atoms with Gasteiger partial charge in [-0.25, -0.2) is 0 Å². The van der Waals surface area contributed by atoms with Crippen LogP contribution in [0.2, 0.25) is 0 Å². The molecule has 2 aromatic rings. The van der Waals surface area contributed by atoms with E-state index in [0.29, 0.717) is 19.1 Å². The van der Waals surface area contributed by atoms with Gasteiger partial charge >= 0.3 is 0 Å². The lowest BCUT2D eigenvalue weighted by atomic mass is 9.97. The lowest BCUT2D eigenvalue weighted by Crippen LogP contribution is -2.45. The Bertz CT molecular complexity index is 776. The molecular formula is C20H28N4O3. The van der Waals surface area contributed by atoms with Crippen LogP contribution in [-0.2, 0) is 18.5 Å². The molecule has 0 radical (unpaired) electrons. The molecule has 0 N–H and O–H groups in total.